The largest absolute Gasteiger partial charge is 0.391 e. The SMILES string of the molecule is N[C@@H](Cc1c[nH]c2ccccc12)C(=O)OC(=O)CCl. The minimum absolute atomic E-state index is 0.290. The summed E-state index contributed by atoms with van der Waals surface area (Å²) in [6.07, 6.45) is 2.08. The highest BCUT2D eigenvalue weighted by atomic mass is 35.5. The molecule has 0 aliphatic carbocycles. The third kappa shape index (κ3) is 3.13. The van der Waals surface area contributed by atoms with Crippen molar-refractivity contribution in [1.29, 1.82) is 0 Å². The van der Waals surface area contributed by atoms with Crippen LogP contribution >= 0.6 is 11.6 Å². The first-order valence-corrected chi connectivity index (χ1v) is 6.26. The maximum absolute atomic E-state index is 11.5. The predicted molar refractivity (Wildman–Crippen MR) is 71.8 cm³/mol. The number of aromatic amines is 1. The van der Waals surface area contributed by atoms with Crippen molar-refractivity contribution < 1.29 is 14.3 Å². The van der Waals surface area contributed by atoms with Crippen LogP contribution in [0.15, 0.2) is 30.5 Å². The number of rotatable bonds is 4. The lowest BCUT2D eigenvalue weighted by molar-refractivity contribution is -0.158. The molecule has 0 saturated heterocycles. The molecule has 0 saturated carbocycles. The summed E-state index contributed by atoms with van der Waals surface area (Å²) in [7, 11) is 0. The zero-order chi connectivity index (χ0) is 13.8. The highest BCUT2D eigenvalue weighted by Gasteiger charge is 2.20. The van der Waals surface area contributed by atoms with E-state index < -0.39 is 18.0 Å². The van der Waals surface area contributed by atoms with Gasteiger partial charge in [-0.1, -0.05) is 18.2 Å². The summed E-state index contributed by atoms with van der Waals surface area (Å²) in [4.78, 5) is 25.5. The fourth-order valence-corrected chi connectivity index (χ4v) is 1.89. The number of aromatic nitrogens is 1. The van der Waals surface area contributed by atoms with Gasteiger partial charge in [-0.3, -0.25) is 4.79 Å². The summed E-state index contributed by atoms with van der Waals surface area (Å²) < 4.78 is 4.48. The van der Waals surface area contributed by atoms with E-state index in [0.29, 0.717) is 6.42 Å². The molecule has 1 heterocycles. The Morgan fingerprint density at radius 3 is 2.84 bits per heavy atom. The van der Waals surface area contributed by atoms with Crippen molar-refractivity contribution in [3.8, 4) is 0 Å². The van der Waals surface area contributed by atoms with Crippen molar-refractivity contribution in [2.45, 2.75) is 12.5 Å². The number of ether oxygens (including phenoxy) is 1. The van der Waals surface area contributed by atoms with Gasteiger partial charge in [0.15, 0.2) is 0 Å². The summed E-state index contributed by atoms with van der Waals surface area (Å²) in [5.41, 5.74) is 7.59. The first-order chi connectivity index (χ1) is 9.11. The van der Waals surface area contributed by atoms with Crippen LogP contribution in [0.1, 0.15) is 5.56 Å². The van der Waals surface area contributed by atoms with Crippen LogP contribution in [0, 0.1) is 0 Å². The molecule has 5 nitrogen and oxygen atoms in total. The number of fused-ring (bicyclic) bond motifs is 1. The number of nitrogens with one attached hydrogen (secondary N) is 1. The quantitative estimate of drug-likeness (QED) is 0.503. The number of carbonyl (C=O) groups is 2. The number of para-hydroxylation sites is 1. The van der Waals surface area contributed by atoms with Crippen LogP contribution < -0.4 is 5.73 Å². The number of hydrogen-bond donors (Lipinski definition) is 2. The molecule has 0 aliphatic heterocycles. The Kier molecular flexibility index (Phi) is 4.19. The first-order valence-electron chi connectivity index (χ1n) is 5.73. The van der Waals surface area contributed by atoms with E-state index in [2.05, 4.69) is 9.72 Å². The number of benzene rings is 1. The predicted octanol–water partition coefficient (Wildman–Crippen LogP) is 1.35. The van der Waals surface area contributed by atoms with E-state index in [9.17, 15) is 9.59 Å². The lowest BCUT2D eigenvalue weighted by atomic mass is 10.1. The number of esters is 2. The Morgan fingerprint density at radius 2 is 2.11 bits per heavy atom. The lowest BCUT2D eigenvalue weighted by Crippen LogP contribution is -2.35. The molecule has 0 spiro atoms. The molecule has 1 aromatic carbocycles. The van der Waals surface area contributed by atoms with Crippen LogP contribution in [0.2, 0.25) is 0 Å². The Balaban J connectivity index is 2.08. The average molecular weight is 281 g/mol. The van der Waals surface area contributed by atoms with E-state index in [1.165, 1.54) is 0 Å². The third-order valence-electron chi connectivity index (χ3n) is 2.74. The summed E-state index contributed by atoms with van der Waals surface area (Å²) >= 11 is 5.25. The number of carbonyl (C=O) groups excluding carboxylic acids is 2. The minimum Gasteiger partial charge on any atom is -0.391 e. The van der Waals surface area contributed by atoms with Gasteiger partial charge >= 0.3 is 11.9 Å². The van der Waals surface area contributed by atoms with E-state index in [-0.39, 0.29) is 5.88 Å². The second-order valence-electron chi connectivity index (χ2n) is 4.10. The van der Waals surface area contributed by atoms with Gasteiger partial charge in [0.05, 0.1) is 0 Å². The van der Waals surface area contributed by atoms with Crippen molar-refractivity contribution in [3.63, 3.8) is 0 Å². The Morgan fingerprint density at radius 1 is 1.37 bits per heavy atom. The fraction of sp³-hybridized carbons (Fsp3) is 0.231. The third-order valence-corrected chi connectivity index (χ3v) is 2.96. The molecule has 0 fully saturated rings. The van der Waals surface area contributed by atoms with Crippen LogP contribution in [0.5, 0.6) is 0 Å². The maximum Gasteiger partial charge on any atom is 0.330 e. The highest BCUT2D eigenvalue weighted by Crippen LogP contribution is 2.18. The molecule has 0 unspecified atom stereocenters. The topological polar surface area (TPSA) is 85.2 Å². The zero-order valence-corrected chi connectivity index (χ0v) is 10.8. The number of nitrogens with two attached hydrogens (primary N) is 1. The smallest absolute Gasteiger partial charge is 0.330 e. The number of alkyl halides is 1. The Bertz CT molecular complexity index is 609. The van der Waals surface area contributed by atoms with Gasteiger partial charge in [-0.05, 0) is 11.6 Å². The van der Waals surface area contributed by atoms with Crippen LogP contribution in [0.25, 0.3) is 10.9 Å². The maximum atomic E-state index is 11.5. The summed E-state index contributed by atoms with van der Waals surface area (Å²) in [6.45, 7) is 0. The van der Waals surface area contributed by atoms with Gasteiger partial charge in [0.25, 0.3) is 0 Å². The number of H-pyrrole nitrogens is 1. The Labute approximate surface area is 114 Å². The van der Waals surface area contributed by atoms with Gasteiger partial charge in [-0.15, -0.1) is 11.6 Å². The zero-order valence-electron chi connectivity index (χ0n) is 10.1. The van der Waals surface area contributed by atoms with Crippen molar-refractivity contribution in [2.75, 3.05) is 5.88 Å². The molecule has 1 atom stereocenters. The van der Waals surface area contributed by atoms with Crippen molar-refractivity contribution in [1.82, 2.24) is 4.98 Å². The molecule has 100 valence electrons. The van der Waals surface area contributed by atoms with Gasteiger partial charge in [-0.2, -0.15) is 0 Å². The molecule has 1 aromatic heterocycles. The molecule has 0 radical (unpaired) electrons. The summed E-state index contributed by atoms with van der Waals surface area (Å²) in [5.74, 6) is -1.93. The van der Waals surface area contributed by atoms with Crippen molar-refractivity contribution in [2.24, 2.45) is 5.73 Å². The summed E-state index contributed by atoms with van der Waals surface area (Å²) in [5, 5.41) is 0.995. The van der Waals surface area contributed by atoms with Crippen molar-refractivity contribution >= 4 is 34.4 Å². The minimum atomic E-state index is -0.897. The van der Waals surface area contributed by atoms with Crippen LogP contribution in [-0.2, 0) is 20.7 Å². The van der Waals surface area contributed by atoms with E-state index in [1.54, 1.807) is 6.20 Å². The normalized spacial score (nSPS) is 12.3. The Hall–Kier alpha value is -1.85. The van der Waals surface area contributed by atoms with Gasteiger partial charge in [-0.25, -0.2) is 4.79 Å². The molecule has 0 amide bonds. The second-order valence-corrected chi connectivity index (χ2v) is 4.36. The average Bonchev–Trinajstić information content (AvgIpc) is 2.82. The molecular weight excluding hydrogens is 268 g/mol. The summed E-state index contributed by atoms with van der Waals surface area (Å²) in [6, 6.07) is 6.78. The monoisotopic (exact) mass is 280 g/mol. The fourth-order valence-electron chi connectivity index (χ4n) is 1.84. The molecule has 3 N–H and O–H groups in total. The number of halogens is 1. The molecule has 2 rings (SSSR count). The molecular formula is C13H13ClN2O3. The van der Waals surface area contributed by atoms with Gasteiger partial charge < -0.3 is 15.5 Å². The second kappa shape index (κ2) is 5.86. The van der Waals surface area contributed by atoms with Crippen molar-refractivity contribution in [3.05, 3.63) is 36.0 Å². The van der Waals surface area contributed by atoms with Crippen LogP contribution in [0.4, 0.5) is 0 Å². The lowest BCUT2D eigenvalue weighted by Gasteiger charge is -2.09. The molecule has 0 aliphatic rings. The molecule has 19 heavy (non-hydrogen) atoms. The van der Waals surface area contributed by atoms with Gasteiger partial charge in [0, 0.05) is 23.5 Å². The molecule has 2 aromatic rings. The molecule has 6 heteroatoms. The van der Waals surface area contributed by atoms with Gasteiger partial charge in [0.1, 0.15) is 11.9 Å². The highest BCUT2D eigenvalue weighted by molar-refractivity contribution is 6.27. The van der Waals surface area contributed by atoms with E-state index >= 15 is 0 Å². The van der Waals surface area contributed by atoms with Crippen LogP contribution in [0.3, 0.4) is 0 Å². The van der Waals surface area contributed by atoms with Gasteiger partial charge in [0.2, 0.25) is 0 Å². The van der Waals surface area contributed by atoms with E-state index in [4.69, 9.17) is 17.3 Å². The molecule has 0 bridgehead atoms. The number of hydrogen-bond acceptors (Lipinski definition) is 4. The van der Waals surface area contributed by atoms with Crippen LogP contribution in [-0.4, -0.2) is 28.8 Å². The van der Waals surface area contributed by atoms with E-state index in [0.717, 1.165) is 16.5 Å². The standard InChI is InChI=1S/C13H13ClN2O3/c14-6-12(17)19-13(18)10(15)5-8-7-16-11-4-2-1-3-9(8)11/h1-4,7,10,16H,5-6,15H2/t10-/m0/s1. The van der Waals surface area contributed by atoms with E-state index in [1.807, 2.05) is 24.3 Å². The first kappa shape index (κ1) is 13.6.